The SMILES string of the molecule is COc1ccc(NC(=O)CSc2nc3ccccc3n2C(=O)COc2ccc(Cl)cc2)cc1. The van der Waals surface area contributed by atoms with Gasteiger partial charge in [-0.15, -0.1) is 0 Å². The van der Waals surface area contributed by atoms with Gasteiger partial charge in [0.1, 0.15) is 11.5 Å². The lowest BCUT2D eigenvalue weighted by Crippen LogP contribution is -2.21. The zero-order chi connectivity index (χ0) is 23.2. The van der Waals surface area contributed by atoms with Gasteiger partial charge in [0.25, 0.3) is 5.91 Å². The topological polar surface area (TPSA) is 82.5 Å². The Bertz CT molecular complexity index is 1270. The smallest absolute Gasteiger partial charge is 0.271 e. The number of nitrogens with zero attached hydrogens (tertiary/aromatic N) is 2. The van der Waals surface area contributed by atoms with E-state index < -0.39 is 0 Å². The van der Waals surface area contributed by atoms with E-state index in [2.05, 4.69) is 10.3 Å². The van der Waals surface area contributed by atoms with Crippen LogP contribution in [0.15, 0.2) is 78.0 Å². The Morgan fingerprint density at radius 3 is 2.42 bits per heavy atom. The number of methoxy groups -OCH3 is 1. The molecule has 1 aromatic heterocycles. The van der Waals surface area contributed by atoms with Crippen LogP contribution in [0.3, 0.4) is 0 Å². The first kappa shape index (κ1) is 22.7. The van der Waals surface area contributed by atoms with Crippen molar-refractivity contribution in [2.75, 3.05) is 24.8 Å². The Kier molecular flexibility index (Phi) is 7.16. The highest BCUT2D eigenvalue weighted by atomic mass is 35.5. The van der Waals surface area contributed by atoms with Crippen LogP contribution >= 0.6 is 23.4 Å². The first-order valence-corrected chi connectivity index (χ1v) is 11.4. The molecule has 0 unspecified atom stereocenters. The fraction of sp³-hybridized carbons (Fsp3) is 0.125. The number of hydrogen-bond donors (Lipinski definition) is 1. The van der Waals surface area contributed by atoms with Gasteiger partial charge < -0.3 is 14.8 Å². The van der Waals surface area contributed by atoms with E-state index in [0.29, 0.717) is 38.4 Å². The van der Waals surface area contributed by atoms with Gasteiger partial charge in [-0.3, -0.25) is 14.2 Å². The van der Waals surface area contributed by atoms with Gasteiger partial charge in [0, 0.05) is 10.7 Å². The number of carbonyl (C=O) groups excluding carboxylic acids is 2. The number of thioether (sulfide) groups is 1. The van der Waals surface area contributed by atoms with Gasteiger partial charge in [0.15, 0.2) is 11.8 Å². The first-order chi connectivity index (χ1) is 16.0. The zero-order valence-corrected chi connectivity index (χ0v) is 19.2. The number of carbonyl (C=O) groups is 2. The number of imidazole rings is 1. The Morgan fingerprint density at radius 1 is 1.00 bits per heavy atom. The molecular formula is C24H20ClN3O4S. The molecule has 7 nitrogen and oxygen atoms in total. The minimum atomic E-state index is -0.295. The van der Waals surface area contributed by atoms with Gasteiger partial charge in [-0.05, 0) is 60.7 Å². The molecule has 4 aromatic rings. The Labute approximate surface area is 199 Å². The lowest BCUT2D eigenvalue weighted by atomic mass is 10.3. The quantitative estimate of drug-likeness (QED) is 0.350. The number of halogens is 1. The number of benzene rings is 3. The van der Waals surface area contributed by atoms with Crippen molar-refractivity contribution in [1.29, 1.82) is 0 Å². The average molecular weight is 482 g/mol. The molecule has 0 atom stereocenters. The lowest BCUT2D eigenvalue weighted by Gasteiger charge is -2.10. The van der Waals surface area contributed by atoms with Crippen molar-refractivity contribution in [3.63, 3.8) is 0 Å². The number of anilines is 1. The molecule has 168 valence electrons. The van der Waals surface area contributed by atoms with Crippen LogP contribution in [-0.2, 0) is 4.79 Å². The number of fused-ring (bicyclic) bond motifs is 1. The summed E-state index contributed by atoms with van der Waals surface area (Å²) in [6.45, 7) is -0.187. The maximum Gasteiger partial charge on any atom is 0.271 e. The van der Waals surface area contributed by atoms with Crippen LogP contribution in [0, 0.1) is 0 Å². The molecule has 0 bridgehead atoms. The van der Waals surface area contributed by atoms with Gasteiger partial charge >= 0.3 is 0 Å². The third kappa shape index (κ3) is 5.66. The number of ether oxygens (including phenoxy) is 2. The average Bonchev–Trinajstić information content (AvgIpc) is 3.21. The van der Waals surface area contributed by atoms with Crippen LogP contribution in [0.5, 0.6) is 11.5 Å². The summed E-state index contributed by atoms with van der Waals surface area (Å²) in [6.07, 6.45) is 0. The molecule has 0 aliphatic rings. The number of aromatic nitrogens is 2. The van der Waals surface area contributed by atoms with E-state index in [1.54, 1.807) is 55.6 Å². The molecule has 0 aliphatic heterocycles. The first-order valence-electron chi connectivity index (χ1n) is 9.99. The maximum absolute atomic E-state index is 13.0. The van der Waals surface area contributed by atoms with Crippen molar-refractivity contribution in [2.45, 2.75) is 5.16 Å². The van der Waals surface area contributed by atoms with E-state index in [-0.39, 0.29) is 24.2 Å². The molecule has 1 N–H and O–H groups in total. The lowest BCUT2D eigenvalue weighted by molar-refractivity contribution is -0.113. The normalized spacial score (nSPS) is 10.7. The molecule has 1 amide bonds. The number of hydrogen-bond acceptors (Lipinski definition) is 6. The van der Waals surface area contributed by atoms with Crippen LogP contribution in [0.2, 0.25) is 5.02 Å². The Hall–Kier alpha value is -3.49. The van der Waals surface area contributed by atoms with Gasteiger partial charge in [0.05, 0.1) is 23.9 Å². The molecule has 1 heterocycles. The second-order valence-electron chi connectivity index (χ2n) is 6.92. The van der Waals surface area contributed by atoms with E-state index in [9.17, 15) is 9.59 Å². The van der Waals surface area contributed by atoms with Gasteiger partial charge in [0.2, 0.25) is 5.91 Å². The minimum absolute atomic E-state index is 0.0840. The summed E-state index contributed by atoms with van der Waals surface area (Å²) in [5.41, 5.74) is 1.97. The van der Waals surface area contributed by atoms with E-state index >= 15 is 0 Å². The van der Waals surface area contributed by atoms with Gasteiger partial charge in [-0.1, -0.05) is 35.5 Å². The third-order valence-corrected chi connectivity index (χ3v) is 5.85. The van der Waals surface area contributed by atoms with E-state index in [4.69, 9.17) is 21.1 Å². The van der Waals surface area contributed by atoms with E-state index in [1.165, 1.54) is 16.3 Å². The van der Waals surface area contributed by atoms with Crippen molar-refractivity contribution >= 4 is 51.9 Å². The molecule has 3 aromatic carbocycles. The molecule has 0 saturated heterocycles. The summed E-state index contributed by atoms with van der Waals surface area (Å²) >= 11 is 7.07. The van der Waals surface area contributed by atoms with Crippen molar-refractivity contribution in [3.05, 3.63) is 77.8 Å². The number of amides is 1. The molecular weight excluding hydrogens is 462 g/mol. The second kappa shape index (κ2) is 10.4. The van der Waals surface area contributed by atoms with Gasteiger partial charge in [-0.25, -0.2) is 4.98 Å². The maximum atomic E-state index is 13.0. The molecule has 0 fully saturated rings. The minimum Gasteiger partial charge on any atom is -0.497 e. The highest BCUT2D eigenvalue weighted by Crippen LogP contribution is 2.25. The molecule has 9 heteroatoms. The predicted molar refractivity (Wildman–Crippen MR) is 130 cm³/mol. The van der Waals surface area contributed by atoms with Gasteiger partial charge in [-0.2, -0.15) is 0 Å². The summed E-state index contributed by atoms with van der Waals surface area (Å²) in [7, 11) is 1.58. The van der Waals surface area contributed by atoms with Crippen LogP contribution in [0.25, 0.3) is 11.0 Å². The highest BCUT2D eigenvalue weighted by molar-refractivity contribution is 7.99. The summed E-state index contributed by atoms with van der Waals surface area (Å²) < 4.78 is 12.2. The second-order valence-corrected chi connectivity index (χ2v) is 8.30. The van der Waals surface area contributed by atoms with Crippen LogP contribution in [-0.4, -0.2) is 40.8 Å². The molecule has 0 radical (unpaired) electrons. The van der Waals surface area contributed by atoms with E-state index in [0.717, 1.165) is 0 Å². The van der Waals surface area contributed by atoms with Crippen LogP contribution in [0.4, 0.5) is 5.69 Å². The fourth-order valence-corrected chi connectivity index (χ4v) is 4.03. The number of rotatable bonds is 8. The van der Waals surface area contributed by atoms with Crippen molar-refractivity contribution < 1.29 is 19.1 Å². The van der Waals surface area contributed by atoms with Crippen LogP contribution < -0.4 is 14.8 Å². The Balaban J connectivity index is 1.46. The molecule has 0 saturated carbocycles. The standard InChI is InChI=1S/C24H20ClN3O4S/c1-31-18-12-8-17(9-13-18)26-22(29)15-33-24-27-20-4-2-3-5-21(20)28(24)23(30)14-32-19-10-6-16(25)7-11-19/h2-13H,14-15H2,1H3,(H,26,29). The van der Waals surface area contributed by atoms with E-state index in [1.807, 2.05) is 24.3 Å². The molecule has 0 aliphatic carbocycles. The Morgan fingerprint density at radius 2 is 1.70 bits per heavy atom. The monoisotopic (exact) mass is 481 g/mol. The van der Waals surface area contributed by atoms with Crippen LogP contribution in [0.1, 0.15) is 4.79 Å². The third-order valence-electron chi connectivity index (χ3n) is 4.66. The molecule has 33 heavy (non-hydrogen) atoms. The van der Waals surface area contributed by atoms with Crippen molar-refractivity contribution in [3.8, 4) is 11.5 Å². The predicted octanol–water partition coefficient (Wildman–Crippen LogP) is 5.15. The highest BCUT2D eigenvalue weighted by Gasteiger charge is 2.19. The summed E-state index contributed by atoms with van der Waals surface area (Å²) in [4.78, 5) is 30.0. The summed E-state index contributed by atoms with van der Waals surface area (Å²) in [5, 5.41) is 3.83. The summed E-state index contributed by atoms with van der Waals surface area (Å²) in [6, 6.07) is 21.1. The molecule has 0 spiro atoms. The summed E-state index contributed by atoms with van der Waals surface area (Å²) in [5.74, 6) is 0.812. The van der Waals surface area contributed by atoms with Crippen molar-refractivity contribution in [2.24, 2.45) is 0 Å². The number of para-hydroxylation sites is 2. The fourth-order valence-electron chi connectivity index (χ4n) is 3.08. The number of nitrogens with one attached hydrogen (secondary N) is 1. The molecule has 4 rings (SSSR count). The van der Waals surface area contributed by atoms with Crippen molar-refractivity contribution in [1.82, 2.24) is 9.55 Å². The zero-order valence-electron chi connectivity index (χ0n) is 17.7. The largest absolute Gasteiger partial charge is 0.497 e.